The van der Waals surface area contributed by atoms with Crippen LogP contribution in [-0.4, -0.2) is 17.4 Å². The van der Waals surface area contributed by atoms with E-state index in [-0.39, 0.29) is 11.3 Å². The van der Waals surface area contributed by atoms with Gasteiger partial charge in [-0.3, -0.25) is 14.9 Å². The predicted octanol–water partition coefficient (Wildman–Crippen LogP) is 1.46. The van der Waals surface area contributed by atoms with Crippen molar-refractivity contribution in [3.05, 3.63) is 33.6 Å². The van der Waals surface area contributed by atoms with E-state index in [1.807, 2.05) is 0 Å². The van der Waals surface area contributed by atoms with Gasteiger partial charge in [-0.05, 0) is 24.8 Å². The first-order valence-corrected chi connectivity index (χ1v) is 5.50. The fourth-order valence-electron chi connectivity index (χ4n) is 1.60. The van der Waals surface area contributed by atoms with Gasteiger partial charge >= 0.3 is 0 Å². The summed E-state index contributed by atoms with van der Waals surface area (Å²) in [6, 6.07) is 1.61. The quantitative estimate of drug-likeness (QED) is 0.482. The van der Waals surface area contributed by atoms with Gasteiger partial charge < -0.3 is 11.1 Å². The van der Waals surface area contributed by atoms with Crippen molar-refractivity contribution in [2.75, 3.05) is 12.3 Å². The highest BCUT2D eigenvalue weighted by Gasteiger charge is 2.25. The van der Waals surface area contributed by atoms with E-state index in [0.29, 0.717) is 18.5 Å². The molecule has 0 radical (unpaired) electrons. The molecule has 0 unspecified atom stereocenters. The number of nitrogen functional groups attached to an aromatic ring is 1. The van der Waals surface area contributed by atoms with E-state index < -0.39 is 22.3 Å². The first-order valence-electron chi connectivity index (χ1n) is 5.50. The third kappa shape index (κ3) is 2.55. The molecular formula is C11H12FN3O3. The molecule has 0 atom stereocenters. The Morgan fingerprint density at radius 1 is 1.56 bits per heavy atom. The second-order valence-corrected chi connectivity index (χ2v) is 4.30. The van der Waals surface area contributed by atoms with Crippen molar-refractivity contribution >= 4 is 17.3 Å². The van der Waals surface area contributed by atoms with E-state index in [4.69, 9.17) is 5.73 Å². The van der Waals surface area contributed by atoms with E-state index in [2.05, 4.69) is 5.32 Å². The van der Waals surface area contributed by atoms with Gasteiger partial charge in [0.15, 0.2) is 0 Å². The van der Waals surface area contributed by atoms with Crippen molar-refractivity contribution in [3.63, 3.8) is 0 Å². The highest BCUT2D eigenvalue weighted by molar-refractivity contribution is 6.01. The molecule has 0 heterocycles. The molecule has 1 aliphatic rings. The lowest BCUT2D eigenvalue weighted by Gasteiger charge is -2.07. The Balaban J connectivity index is 2.24. The van der Waals surface area contributed by atoms with Crippen LogP contribution >= 0.6 is 0 Å². The minimum absolute atomic E-state index is 0.192. The molecule has 0 saturated heterocycles. The van der Waals surface area contributed by atoms with Crippen molar-refractivity contribution in [1.82, 2.24) is 5.32 Å². The van der Waals surface area contributed by atoms with Crippen molar-refractivity contribution in [1.29, 1.82) is 0 Å². The van der Waals surface area contributed by atoms with Crippen LogP contribution in [0.2, 0.25) is 0 Å². The van der Waals surface area contributed by atoms with Crippen LogP contribution in [0.1, 0.15) is 23.2 Å². The summed E-state index contributed by atoms with van der Waals surface area (Å²) in [6.45, 7) is 0.489. The zero-order valence-electron chi connectivity index (χ0n) is 9.48. The van der Waals surface area contributed by atoms with Crippen LogP contribution in [0, 0.1) is 21.8 Å². The van der Waals surface area contributed by atoms with Gasteiger partial charge in [0.25, 0.3) is 11.6 Å². The topological polar surface area (TPSA) is 98.3 Å². The van der Waals surface area contributed by atoms with Gasteiger partial charge in [0.1, 0.15) is 11.5 Å². The highest BCUT2D eigenvalue weighted by Crippen LogP contribution is 2.29. The molecule has 96 valence electrons. The molecule has 1 amide bonds. The Morgan fingerprint density at radius 2 is 2.22 bits per heavy atom. The number of nitrogens with one attached hydrogen (secondary N) is 1. The average Bonchev–Trinajstić information content (AvgIpc) is 3.12. The number of carbonyl (C=O) groups is 1. The van der Waals surface area contributed by atoms with E-state index >= 15 is 0 Å². The third-order valence-corrected chi connectivity index (χ3v) is 2.81. The maximum Gasteiger partial charge on any atom is 0.295 e. The second-order valence-electron chi connectivity index (χ2n) is 4.30. The molecule has 1 fully saturated rings. The molecule has 1 aliphatic carbocycles. The molecule has 1 aromatic carbocycles. The van der Waals surface area contributed by atoms with Gasteiger partial charge in [-0.1, -0.05) is 0 Å². The zero-order valence-corrected chi connectivity index (χ0v) is 9.48. The van der Waals surface area contributed by atoms with Crippen LogP contribution < -0.4 is 11.1 Å². The minimum atomic E-state index is -0.854. The Kier molecular flexibility index (Phi) is 3.14. The number of hydrogen-bond acceptors (Lipinski definition) is 4. The number of nitrogens with zero attached hydrogens (tertiary/aromatic N) is 1. The number of anilines is 1. The maximum absolute atomic E-state index is 13.2. The molecule has 18 heavy (non-hydrogen) atoms. The largest absolute Gasteiger partial charge is 0.393 e. The smallest absolute Gasteiger partial charge is 0.295 e. The lowest BCUT2D eigenvalue weighted by atomic mass is 10.1. The van der Waals surface area contributed by atoms with Gasteiger partial charge in [0, 0.05) is 6.54 Å². The van der Waals surface area contributed by atoms with Crippen LogP contribution in [0.4, 0.5) is 15.8 Å². The summed E-state index contributed by atoms with van der Waals surface area (Å²) in [7, 11) is 0. The molecule has 3 N–H and O–H groups in total. The van der Waals surface area contributed by atoms with Gasteiger partial charge in [-0.15, -0.1) is 0 Å². The monoisotopic (exact) mass is 253 g/mol. The standard InChI is InChI=1S/C11H12FN3O3/c12-7-3-8(10(13)9(4-7)15(17)18)11(16)14-5-6-1-2-6/h3-4,6H,1-2,5,13H2,(H,14,16). The van der Waals surface area contributed by atoms with Crippen LogP contribution in [0.25, 0.3) is 0 Å². The summed E-state index contributed by atoms with van der Waals surface area (Å²) < 4.78 is 13.2. The van der Waals surface area contributed by atoms with E-state index in [9.17, 15) is 19.3 Å². The van der Waals surface area contributed by atoms with Crippen LogP contribution in [0.15, 0.2) is 12.1 Å². The Hall–Kier alpha value is -2.18. The number of halogens is 1. The fraction of sp³-hybridized carbons (Fsp3) is 0.364. The number of nitro groups is 1. The number of amides is 1. The first kappa shape index (κ1) is 12.3. The number of carbonyl (C=O) groups excluding carboxylic acids is 1. The molecule has 1 aromatic rings. The fourth-order valence-corrected chi connectivity index (χ4v) is 1.60. The summed E-state index contributed by atoms with van der Waals surface area (Å²) in [5, 5.41) is 13.2. The Bertz CT molecular complexity index is 515. The molecular weight excluding hydrogens is 241 g/mol. The van der Waals surface area contributed by atoms with Gasteiger partial charge in [0.05, 0.1) is 16.6 Å². The summed E-state index contributed by atoms with van der Waals surface area (Å²) in [6.07, 6.45) is 2.11. The maximum atomic E-state index is 13.2. The molecule has 7 heteroatoms. The number of nitro benzene ring substituents is 1. The number of nitrogens with two attached hydrogens (primary N) is 1. The zero-order chi connectivity index (χ0) is 13.3. The predicted molar refractivity (Wildman–Crippen MR) is 62.5 cm³/mol. The highest BCUT2D eigenvalue weighted by atomic mass is 19.1. The molecule has 0 spiro atoms. The third-order valence-electron chi connectivity index (χ3n) is 2.81. The molecule has 0 aliphatic heterocycles. The van der Waals surface area contributed by atoms with Gasteiger partial charge in [-0.2, -0.15) is 0 Å². The minimum Gasteiger partial charge on any atom is -0.393 e. The molecule has 2 rings (SSSR count). The van der Waals surface area contributed by atoms with Crippen LogP contribution in [-0.2, 0) is 0 Å². The van der Waals surface area contributed by atoms with Crippen molar-refractivity contribution in [2.45, 2.75) is 12.8 Å². The molecule has 1 saturated carbocycles. The Morgan fingerprint density at radius 3 is 2.78 bits per heavy atom. The summed E-state index contributed by atoms with van der Waals surface area (Å²) >= 11 is 0. The summed E-state index contributed by atoms with van der Waals surface area (Å²) in [4.78, 5) is 21.6. The van der Waals surface area contributed by atoms with Crippen LogP contribution in [0.5, 0.6) is 0 Å². The average molecular weight is 253 g/mol. The molecule has 6 nitrogen and oxygen atoms in total. The van der Waals surface area contributed by atoms with Crippen LogP contribution in [0.3, 0.4) is 0 Å². The molecule has 0 bridgehead atoms. The summed E-state index contributed by atoms with van der Waals surface area (Å²) in [5.74, 6) is -0.979. The lowest BCUT2D eigenvalue weighted by Crippen LogP contribution is -2.26. The van der Waals surface area contributed by atoms with E-state index in [1.54, 1.807) is 0 Å². The molecule has 0 aromatic heterocycles. The van der Waals surface area contributed by atoms with E-state index in [1.165, 1.54) is 0 Å². The lowest BCUT2D eigenvalue weighted by molar-refractivity contribution is -0.384. The summed E-state index contributed by atoms with van der Waals surface area (Å²) in [5.41, 5.74) is 4.41. The normalized spacial score (nSPS) is 14.3. The van der Waals surface area contributed by atoms with Gasteiger partial charge in [0.2, 0.25) is 0 Å². The number of benzene rings is 1. The van der Waals surface area contributed by atoms with Crippen molar-refractivity contribution in [2.24, 2.45) is 5.92 Å². The van der Waals surface area contributed by atoms with Gasteiger partial charge in [-0.25, -0.2) is 4.39 Å². The first-order chi connectivity index (χ1) is 8.49. The SMILES string of the molecule is Nc1c(C(=O)NCC2CC2)cc(F)cc1[N+](=O)[O-]. The number of rotatable bonds is 4. The van der Waals surface area contributed by atoms with Crippen molar-refractivity contribution < 1.29 is 14.1 Å². The van der Waals surface area contributed by atoms with E-state index in [0.717, 1.165) is 18.9 Å². The Labute approximate surface area is 102 Å². The van der Waals surface area contributed by atoms with Crippen molar-refractivity contribution in [3.8, 4) is 0 Å². The number of hydrogen-bond donors (Lipinski definition) is 2. The second kappa shape index (κ2) is 4.59.